The van der Waals surface area contributed by atoms with Crippen LogP contribution in [0.1, 0.15) is 5.69 Å². The second-order valence-corrected chi connectivity index (χ2v) is 4.42. The Hall–Kier alpha value is -2.21. The Balaban J connectivity index is 1.68. The van der Waals surface area contributed by atoms with Crippen LogP contribution in [0.5, 0.6) is 0 Å². The Morgan fingerprint density at radius 3 is 2.56 bits per heavy atom. The van der Waals surface area contributed by atoms with Crippen molar-refractivity contribution in [2.45, 2.75) is 6.54 Å². The van der Waals surface area contributed by atoms with Crippen molar-refractivity contribution in [3.63, 3.8) is 0 Å². The van der Waals surface area contributed by atoms with Gasteiger partial charge in [-0.25, -0.2) is 4.98 Å². The highest BCUT2D eigenvalue weighted by Crippen LogP contribution is 2.13. The summed E-state index contributed by atoms with van der Waals surface area (Å²) >= 11 is 1.60. The van der Waals surface area contributed by atoms with Crippen LogP contribution < -0.4 is 5.32 Å². The molecule has 6 heteroatoms. The van der Waals surface area contributed by atoms with E-state index in [9.17, 15) is 0 Å². The summed E-state index contributed by atoms with van der Waals surface area (Å²) in [7, 11) is 0. The van der Waals surface area contributed by atoms with Gasteiger partial charge in [0, 0.05) is 11.1 Å². The van der Waals surface area contributed by atoms with Crippen molar-refractivity contribution < 1.29 is 0 Å². The van der Waals surface area contributed by atoms with E-state index >= 15 is 0 Å². The second-order valence-electron chi connectivity index (χ2n) is 3.70. The van der Waals surface area contributed by atoms with E-state index in [-0.39, 0.29) is 0 Å². The number of nitrogens with zero attached hydrogens (tertiary/aromatic N) is 4. The zero-order chi connectivity index (χ0) is 12.2. The lowest BCUT2D eigenvalue weighted by atomic mass is 10.3. The summed E-state index contributed by atoms with van der Waals surface area (Å²) in [6.45, 7) is 0.739. The summed E-state index contributed by atoms with van der Waals surface area (Å²) in [6.07, 6.45) is 3.32. The molecule has 0 saturated heterocycles. The fourth-order valence-electron chi connectivity index (χ4n) is 1.58. The van der Waals surface area contributed by atoms with E-state index in [0.717, 1.165) is 23.6 Å². The smallest absolute Gasteiger partial charge is 0.0858 e. The van der Waals surface area contributed by atoms with Crippen LogP contribution in [0.2, 0.25) is 0 Å². The maximum absolute atomic E-state index is 4.22. The minimum absolute atomic E-state index is 0.739. The lowest BCUT2D eigenvalue weighted by molar-refractivity contribution is 0.752. The van der Waals surface area contributed by atoms with Crippen LogP contribution in [0.3, 0.4) is 0 Å². The molecule has 3 rings (SSSR count). The molecule has 0 aliphatic heterocycles. The Labute approximate surface area is 108 Å². The average Bonchev–Trinajstić information content (AvgIpc) is 3.10. The zero-order valence-corrected chi connectivity index (χ0v) is 10.3. The molecule has 0 atom stereocenters. The molecule has 1 aromatic carbocycles. The Bertz CT molecular complexity index is 586. The van der Waals surface area contributed by atoms with Crippen LogP contribution in [-0.2, 0) is 6.54 Å². The van der Waals surface area contributed by atoms with Crippen LogP contribution in [0.15, 0.2) is 47.5 Å². The molecular weight excluding hydrogens is 246 g/mol. The molecule has 3 aromatic rings. The van der Waals surface area contributed by atoms with E-state index in [2.05, 4.69) is 20.5 Å². The predicted octanol–water partition coefficient (Wildman–Crippen LogP) is 2.34. The quantitative estimate of drug-likeness (QED) is 0.779. The molecule has 0 amide bonds. The molecule has 0 fully saturated rings. The first kappa shape index (κ1) is 10.9. The molecule has 5 nitrogen and oxygen atoms in total. The van der Waals surface area contributed by atoms with E-state index < -0.39 is 0 Å². The normalized spacial score (nSPS) is 10.4. The van der Waals surface area contributed by atoms with Crippen molar-refractivity contribution in [2.75, 3.05) is 5.32 Å². The highest BCUT2D eigenvalue weighted by molar-refractivity contribution is 7.07. The topological polar surface area (TPSA) is 55.6 Å². The molecule has 18 heavy (non-hydrogen) atoms. The highest BCUT2D eigenvalue weighted by atomic mass is 32.1. The van der Waals surface area contributed by atoms with Crippen molar-refractivity contribution in [1.29, 1.82) is 0 Å². The second kappa shape index (κ2) is 4.97. The highest BCUT2D eigenvalue weighted by Gasteiger charge is 1.99. The number of hydrogen-bond acceptors (Lipinski definition) is 5. The molecular formula is C12H11N5S. The summed E-state index contributed by atoms with van der Waals surface area (Å²) in [5.74, 6) is 0. The Morgan fingerprint density at radius 2 is 1.89 bits per heavy atom. The maximum Gasteiger partial charge on any atom is 0.0858 e. The minimum atomic E-state index is 0.739. The lowest BCUT2D eigenvalue weighted by Crippen LogP contribution is -2.01. The summed E-state index contributed by atoms with van der Waals surface area (Å²) in [5, 5.41) is 13.5. The maximum atomic E-state index is 4.22. The minimum Gasteiger partial charge on any atom is -0.379 e. The molecule has 0 spiro atoms. The Morgan fingerprint density at radius 1 is 1.11 bits per heavy atom. The summed E-state index contributed by atoms with van der Waals surface area (Å²) in [4.78, 5) is 5.81. The monoisotopic (exact) mass is 257 g/mol. The number of hydrogen-bond donors (Lipinski definition) is 1. The van der Waals surface area contributed by atoms with E-state index in [1.807, 2.05) is 35.2 Å². The van der Waals surface area contributed by atoms with Gasteiger partial charge in [-0.2, -0.15) is 15.0 Å². The van der Waals surface area contributed by atoms with Gasteiger partial charge in [0.15, 0.2) is 0 Å². The average molecular weight is 257 g/mol. The molecule has 90 valence electrons. The van der Waals surface area contributed by atoms with Crippen molar-refractivity contribution in [1.82, 2.24) is 20.0 Å². The van der Waals surface area contributed by atoms with E-state index in [0.29, 0.717) is 0 Å². The van der Waals surface area contributed by atoms with Gasteiger partial charge in [0.1, 0.15) is 0 Å². The molecule has 0 radical (unpaired) electrons. The van der Waals surface area contributed by atoms with Crippen LogP contribution >= 0.6 is 11.3 Å². The van der Waals surface area contributed by atoms with Crippen molar-refractivity contribution in [2.24, 2.45) is 0 Å². The van der Waals surface area contributed by atoms with Gasteiger partial charge in [-0.3, -0.25) is 0 Å². The fourth-order valence-corrected chi connectivity index (χ4v) is 2.14. The van der Waals surface area contributed by atoms with Crippen LogP contribution in [0.4, 0.5) is 5.69 Å². The van der Waals surface area contributed by atoms with Gasteiger partial charge in [-0.05, 0) is 24.3 Å². The first-order chi connectivity index (χ1) is 8.92. The van der Waals surface area contributed by atoms with Crippen LogP contribution in [0.25, 0.3) is 5.69 Å². The summed E-state index contributed by atoms with van der Waals surface area (Å²) < 4.78 is 0. The van der Waals surface area contributed by atoms with E-state index in [1.165, 1.54) is 0 Å². The van der Waals surface area contributed by atoms with Crippen LogP contribution in [-0.4, -0.2) is 20.0 Å². The van der Waals surface area contributed by atoms with Gasteiger partial charge < -0.3 is 5.32 Å². The van der Waals surface area contributed by atoms with Gasteiger partial charge >= 0.3 is 0 Å². The third kappa shape index (κ3) is 2.38. The number of aromatic nitrogens is 4. The number of thiazole rings is 1. The molecule has 1 N–H and O–H groups in total. The zero-order valence-electron chi connectivity index (χ0n) is 9.52. The third-order valence-corrected chi connectivity index (χ3v) is 3.11. The predicted molar refractivity (Wildman–Crippen MR) is 70.8 cm³/mol. The third-order valence-electron chi connectivity index (χ3n) is 2.47. The van der Waals surface area contributed by atoms with Crippen LogP contribution in [0, 0.1) is 0 Å². The lowest BCUT2D eigenvalue weighted by Gasteiger charge is -2.05. The molecule has 0 aliphatic rings. The molecule has 0 saturated carbocycles. The first-order valence-electron chi connectivity index (χ1n) is 5.49. The van der Waals surface area contributed by atoms with Gasteiger partial charge in [0.2, 0.25) is 0 Å². The van der Waals surface area contributed by atoms with Gasteiger partial charge in [-0.1, -0.05) is 0 Å². The largest absolute Gasteiger partial charge is 0.379 e. The number of anilines is 1. The SMILES string of the molecule is c1cnn(-c2ccc(NCc3cscn3)cc2)n1. The number of nitrogens with one attached hydrogen (secondary N) is 1. The van der Waals surface area contributed by atoms with Gasteiger partial charge in [-0.15, -0.1) is 11.3 Å². The van der Waals surface area contributed by atoms with E-state index in [1.54, 1.807) is 28.5 Å². The van der Waals surface area contributed by atoms with E-state index in [4.69, 9.17) is 0 Å². The standard InChI is InChI=1S/C12H11N5S/c1-3-12(17-15-5-6-16-17)4-2-10(1)13-7-11-8-18-9-14-11/h1-6,8-9,13H,7H2. The van der Waals surface area contributed by atoms with Crippen molar-refractivity contribution >= 4 is 17.0 Å². The molecule has 2 aromatic heterocycles. The van der Waals surface area contributed by atoms with Gasteiger partial charge in [0.05, 0.1) is 35.8 Å². The molecule has 0 aliphatic carbocycles. The summed E-state index contributed by atoms with van der Waals surface area (Å²) in [6, 6.07) is 7.96. The Kier molecular flexibility index (Phi) is 3.01. The fraction of sp³-hybridized carbons (Fsp3) is 0.0833. The number of benzene rings is 1. The first-order valence-corrected chi connectivity index (χ1v) is 6.44. The van der Waals surface area contributed by atoms with Crippen molar-refractivity contribution in [3.8, 4) is 5.69 Å². The number of rotatable bonds is 4. The van der Waals surface area contributed by atoms with Crippen molar-refractivity contribution in [3.05, 3.63) is 53.2 Å². The summed E-state index contributed by atoms with van der Waals surface area (Å²) in [5.41, 5.74) is 4.89. The molecule has 2 heterocycles. The molecule has 0 bridgehead atoms. The molecule has 0 unspecified atom stereocenters. The van der Waals surface area contributed by atoms with Gasteiger partial charge in [0.25, 0.3) is 0 Å².